The molecule has 0 aliphatic heterocycles. The predicted octanol–water partition coefficient (Wildman–Crippen LogP) is 6.91. The third-order valence-electron chi connectivity index (χ3n) is 4.89. The molecule has 0 aliphatic carbocycles. The van der Waals surface area contributed by atoms with E-state index in [0.717, 1.165) is 38.9 Å². The van der Waals surface area contributed by atoms with Crippen molar-refractivity contribution in [2.45, 2.75) is 13.8 Å². The first-order chi connectivity index (χ1) is 15.3. The van der Waals surface area contributed by atoms with E-state index in [1.807, 2.05) is 62.4 Å². The zero-order chi connectivity index (χ0) is 22.8. The summed E-state index contributed by atoms with van der Waals surface area (Å²) in [5, 5.41) is 14.1. The fourth-order valence-electron chi connectivity index (χ4n) is 3.15. The molecule has 4 aromatic rings. The molecule has 3 aromatic carbocycles. The second-order valence-corrected chi connectivity index (χ2v) is 8.71. The third kappa shape index (κ3) is 4.54. The van der Waals surface area contributed by atoms with Crippen LogP contribution in [0.2, 0.25) is 5.02 Å². The molecule has 0 unspecified atom stereocenters. The van der Waals surface area contributed by atoms with E-state index in [1.54, 1.807) is 0 Å². The van der Waals surface area contributed by atoms with Gasteiger partial charge in [-0.1, -0.05) is 82.6 Å². The van der Waals surface area contributed by atoms with Gasteiger partial charge in [-0.2, -0.15) is 0 Å². The normalized spacial score (nSPS) is 10.7. The van der Waals surface area contributed by atoms with Crippen molar-refractivity contribution in [1.29, 1.82) is 0 Å². The van der Waals surface area contributed by atoms with Crippen molar-refractivity contribution in [1.82, 2.24) is 4.98 Å². The summed E-state index contributed by atoms with van der Waals surface area (Å²) in [6.45, 7) is 4.04. The number of nitro groups is 1. The molecule has 0 radical (unpaired) electrons. The lowest BCUT2D eigenvalue weighted by Gasteiger charge is -2.04. The molecule has 1 heterocycles. The smallest absolute Gasteiger partial charge is 0.270 e. The van der Waals surface area contributed by atoms with Gasteiger partial charge in [-0.25, -0.2) is 4.98 Å². The standard InChI is InChI=1S/C24H18ClN3O3S/c1-14-3-7-16(8-4-14)21-22(17-9-5-15(2)6-10-17)32-24(26-21)27-23(29)19-12-11-18(28(30)31)13-20(19)25/h3-13H,1-2H3,(H,26,27,29). The number of carbonyl (C=O) groups excluding carboxylic acids is 1. The van der Waals surface area contributed by atoms with Gasteiger partial charge in [0.05, 0.1) is 26.1 Å². The number of rotatable bonds is 5. The number of aryl methyl sites for hydroxylation is 2. The maximum atomic E-state index is 12.8. The highest BCUT2D eigenvalue weighted by molar-refractivity contribution is 7.19. The van der Waals surface area contributed by atoms with Crippen LogP contribution < -0.4 is 5.32 Å². The van der Waals surface area contributed by atoms with Gasteiger partial charge in [0, 0.05) is 17.7 Å². The Morgan fingerprint density at radius 2 is 1.56 bits per heavy atom. The van der Waals surface area contributed by atoms with Crippen LogP contribution in [0.25, 0.3) is 21.7 Å². The maximum absolute atomic E-state index is 12.8. The highest BCUT2D eigenvalue weighted by Gasteiger charge is 2.19. The van der Waals surface area contributed by atoms with Crippen LogP contribution in [0.3, 0.4) is 0 Å². The minimum atomic E-state index is -0.559. The van der Waals surface area contributed by atoms with Gasteiger partial charge < -0.3 is 0 Å². The van der Waals surface area contributed by atoms with E-state index < -0.39 is 10.8 Å². The number of nitro benzene ring substituents is 1. The summed E-state index contributed by atoms with van der Waals surface area (Å²) in [6.07, 6.45) is 0. The number of nitrogens with zero attached hydrogens (tertiary/aromatic N) is 2. The Hall–Kier alpha value is -3.55. The molecular formula is C24H18ClN3O3S. The maximum Gasteiger partial charge on any atom is 0.270 e. The van der Waals surface area contributed by atoms with Crippen molar-refractivity contribution >= 4 is 39.7 Å². The first-order valence-corrected chi connectivity index (χ1v) is 10.9. The van der Waals surface area contributed by atoms with Gasteiger partial charge in [-0.05, 0) is 25.5 Å². The van der Waals surface area contributed by atoms with Crippen LogP contribution in [0.4, 0.5) is 10.8 Å². The fraction of sp³-hybridized carbons (Fsp3) is 0.0833. The average molecular weight is 464 g/mol. The number of non-ortho nitro benzene ring substituents is 1. The molecule has 0 fully saturated rings. The van der Waals surface area contributed by atoms with Crippen molar-refractivity contribution in [2.24, 2.45) is 0 Å². The Morgan fingerprint density at radius 1 is 0.969 bits per heavy atom. The van der Waals surface area contributed by atoms with Gasteiger partial charge in [-0.15, -0.1) is 0 Å². The van der Waals surface area contributed by atoms with Crippen molar-refractivity contribution < 1.29 is 9.72 Å². The molecule has 0 spiro atoms. The van der Waals surface area contributed by atoms with Crippen LogP contribution in [0.5, 0.6) is 0 Å². The molecule has 160 valence electrons. The monoisotopic (exact) mass is 463 g/mol. The summed E-state index contributed by atoms with van der Waals surface area (Å²) in [5.41, 5.74) is 4.96. The molecule has 0 saturated carbocycles. The van der Waals surface area contributed by atoms with Gasteiger partial charge in [0.2, 0.25) is 0 Å². The van der Waals surface area contributed by atoms with Crippen LogP contribution >= 0.6 is 22.9 Å². The quantitative estimate of drug-likeness (QED) is 0.257. The zero-order valence-corrected chi connectivity index (χ0v) is 18.8. The first kappa shape index (κ1) is 21.7. The number of hydrogen-bond donors (Lipinski definition) is 1. The SMILES string of the molecule is Cc1ccc(-c2nc(NC(=O)c3ccc([N+](=O)[O-])cc3Cl)sc2-c2ccc(C)cc2)cc1. The number of amides is 1. The lowest BCUT2D eigenvalue weighted by molar-refractivity contribution is -0.384. The summed E-state index contributed by atoms with van der Waals surface area (Å²) in [6, 6.07) is 19.9. The minimum Gasteiger partial charge on any atom is -0.298 e. The van der Waals surface area contributed by atoms with E-state index in [1.165, 1.54) is 23.5 Å². The topological polar surface area (TPSA) is 85.1 Å². The third-order valence-corrected chi connectivity index (χ3v) is 6.23. The Morgan fingerprint density at radius 3 is 2.12 bits per heavy atom. The number of anilines is 1. The number of nitrogens with one attached hydrogen (secondary N) is 1. The van der Waals surface area contributed by atoms with E-state index >= 15 is 0 Å². The fourth-order valence-corrected chi connectivity index (χ4v) is 4.40. The van der Waals surface area contributed by atoms with Crippen LogP contribution in [0, 0.1) is 24.0 Å². The highest BCUT2D eigenvalue weighted by Crippen LogP contribution is 2.39. The number of thiazole rings is 1. The van der Waals surface area contributed by atoms with Crippen molar-refractivity contribution in [3.8, 4) is 21.7 Å². The zero-order valence-electron chi connectivity index (χ0n) is 17.3. The molecule has 0 aliphatic rings. The van der Waals surface area contributed by atoms with Crippen molar-refractivity contribution in [2.75, 3.05) is 5.32 Å². The van der Waals surface area contributed by atoms with E-state index in [4.69, 9.17) is 11.6 Å². The van der Waals surface area contributed by atoms with Gasteiger partial charge in [0.25, 0.3) is 11.6 Å². The van der Waals surface area contributed by atoms with Crippen LogP contribution in [0.1, 0.15) is 21.5 Å². The average Bonchev–Trinajstić information content (AvgIpc) is 3.18. The number of aromatic nitrogens is 1. The minimum absolute atomic E-state index is 0.00534. The van der Waals surface area contributed by atoms with Gasteiger partial charge in [0.1, 0.15) is 0 Å². The second-order valence-electron chi connectivity index (χ2n) is 7.30. The second kappa shape index (κ2) is 8.90. The number of carbonyl (C=O) groups is 1. The Balaban J connectivity index is 1.71. The van der Waals surface area contributed by atoms with E-state index in [2.05, 4.69) is 10.3 Å². The summed E-state index contributed by atoms with van der Waals surface area (Å²) < 4.78 is 0. The molecule has 1 aromatic heterocycles. The summed E-state index contributed by atoms with van der Waals surface area (Å²) >= 11 is 7.47. The Labute approximate surface area is 193 Å². The summed E-state index contributed by atoms with van der Waals surface area (Å²) in [7, 11) is 0. The van der Waals surface area contributed by atoms with Crippen LogP contribution in [-0.4, -0.2) is 15.8 Å². The molecule has 0 atom stereocenters. The molecule has 4 rings (SSSR count). The predicted molar refractivity (Wildman–Crippen MR) is 129 cm³/mol. The number of halogens is 1. The highest BCUT2D eigenvalue weighted by atomic mass is 35.5. The lowest BCUT2D eigenvalue weighted by atomic mass is 10.0. The lowest BCUT2D eigenvalue weighted by Crippen LogP contribution is -2.12. The molecule has 0 bridgehead atoms. The van der Waals surface area contributed by atoms with Gasteiger partial charge in [-0.3, -0.25) is 20.2 Å². The van der Waals surface area contributed by atoms with E-state index in [0.29, 0.717) is 5.13 Å². The Bertz CT molecular complexity index is 1250. The van der Waals surface area contributed by atoms with Crippen LogP contribution in [0.15, 0.2) is 66.7 Å². The van der Waals surface area contributed by atoms with Crippen LogP contribution in [-0.2, 0) is 0 Å². The largest absolute Gasteiger partial charge is 0.298 e. The van der Waals surface area contributed by atoms with Gasteiger partial charge in [0.15, 0.2) is 5.13 Å². The van der Waals surface area contributed by atoms with E-state index in [-0.39, 0.29) is 16.3 Å². The first-order valence-electron chi connectivity index (χ1n) is 9.72. The van der Waals surface area contributed by atoms with Gasteiger partial charge >= 0.3 is 0 Å². The van der Waals surface area contributed by atoms with E-state index in [9.17, 15) is 14.9 Å². The summed E-state index contributed by atoms with van der Waals surface area (Å²) in [5.74, 6) is -0.482. The summed E-state index contributed by atoms with van der Waals surface area (Å²) in [4.78, 5) is 28.8. The molecule has 32 heavy (non-hydrogen) atoms. The Kier molecular flexibility index (Phi) is 6.03. The molecular weight excluding hydrogens is 446 g/mol. The van der Waals surface area contributed by atoms with Crippen molar-refractivity contribution in [3.05, 3.63) is 98.6 Å². The molecule has 0 saturated heterocycles. The molecule has 1 amide bonds. The van der Waals surface area contributed by atoms with Crippen molar-refractivity contribution in [3.63, 3.8) is 0 Å². The number of hydrogen-bond acceptors (Lipinski definition) is 5. The molecule has 8 heteroatoms. The molecule has 6 nitrogen and oxygen atoms in total. The molecule has 1 N–H and O–H groups in total. The number of benzene rings is 3.